The van der Waals surface area contributed by atoms with Crippen LogP contribution in [0.15, 0.2) is 0 Å². The van der Waals surface area contributed by atoms with Crippen molar-refractivity contribution < 1.29 is 15.3 Å². The zero-order valence-electron chi connectivity index (χ0n) is 15.7. The molecule has 4 saturated carbocycles. The van der Waals surface area contributed by atoms with Gasteiger partial charge >= 0.3 is 0 Å². The summed E-state index contributed by atoms with van der Waals surface area (Å²) in [5.74, 6) is 2.69. The van der Waals surface area contributed by atoms with E-state index in [9.17, 15) is 15.3 Å². The first kappa shape index (κ1) is 17.3. The van der Waals surface area contributed by atoms with Crippen molar-refractivity contribution in [3.05, 3.63) is 0 Å². The van der Waals surface area contributed by atoms with Gasteiger partial charge in [0.2, 0.25) is 0 Å². The molecule has 0 aromatic rings. The molecule has 0 bridgehead atoms. The summed E-state index contributed by atoms with van der Waals surface area (Å²) in [6, 6.07) is 0. The number of aliphatic hydroxyl groups is 3. The van der Waals surface area contributed by atoms with Crippen LogP contribution in [-0.4, -0.2) is 33.1 Å². The lowest BCUT2D eigenvalue weighted by atomic mass is 9.44. The Morgan fingerprint density at radius 1 is 0.917 bits per heavy atom. The summed E-state index contributed by atoms with van der Waals surface area (Å²) in [5.41, 5.74) is -0.641. The first-order chi connectivity index (χ1) is 11.2. The third-order valence-electron chi connectivity index (χ3n) is 9.54. The average molecular weight is 337 g/mol. The lowest BCUT2D eigenvalue weighted by molar-refractivity contribution is -0.186. The number of rotatable bonds is 1. The molecule has 3 nitrogen and oxygen atoms in total. The SMILES string of the molecule is CC(O)[C@@]1(O)CCC2C3CCC4CC(O)CC[C@]4(C)C3CC[C@@]21C. The summed E-state index contributed by atoms with van der Waals surface area (Å²) in [6.45, 7) is 6.53. The standard InChI is InChI=1S/C21H36O3/c1-13(22)21(24)11-8-18-16-5-4-14-12-15(23)6-9-19(14,2)17(16)7-10-20(18,21)3/h13-18,22-24H,4-12H2,1-3H3/t13?,14?,15?,16?,17?,18?,19-,20-,21-/m0/s1. The topological polar surface area (TPSA) is 60.7 Å². The Bertz CT molecular complexity index is 505. The lowest BCUT2D eigenvalue weighted by Crippen LogP contribution is -2.59. The number of fused-ring (bicyclic) bond motifs is 5. The maximum atomic E-state index is 11.3. The number of aliphatic hydroxyl groups excluding tert-OH is 2. The van der Waals surface area contributed by atoms with E-state index in [4.69, 9.17) is 0 Å². The minimum absolute atomic E-state index is 0.0831. The van der Waals surface area contributed by atoms with Gasteiger partial charge in [0.1, 0.15) is 0 Å². The number of hydrogen-bond acceptors (Lipinski definition) is 3. The average Bonchev–Trinajstić information content (AvgIpc) is 2.81. The molecule has 0 heterocycles. The Hall–Kier alpha value is -0.120. The Morgan fingerprint density at radius 2 is 1.62 bits per heavy atom. The van der Waals surface area contributed by atoms with E-state index < -0.39 is 11.7 Å². The van der Waals surface area contributed by atoms with Gasteiger partial charge in [0.15, 0.2) is 0 Å². The fourth-order valence-corrected chi connectivity index (χ4v) is 7.97. The molecule has 138 valence electrons. The summed E-state index contributed by atoms with van der Waals surface area (Å²) in [7, 11) is 0. The molecule has 4 rings (SSSR count). The van der Waals surface area contributed by atoms with Crippen LogP contribution < -0.4 is 0 Å². The second kappa shape index (κ2) is 5.44. The Balaban J connectivity index is 1.63. The highest BCUT2D eigenvalue weighted by atomic mass is 16.3. The van der Waals surface area contributed by atoms with Crippen LogP contribution >= 0.6 is 0 Å². The highest BCUT2D eigenvalue weighted by molar-refractivity contribution is 5.15. The van der Waals surface area contributed by atoms with E-state index in [0.29, 0.717) is 23.2 Å². The van der Waals surface area contributed by atoms with E-state index in [1.54, 1.807) is 6.92 Å². The fourth-order valence-electron chi connectivity index (χ4n) is 7.97. The van der Waals surface area contributed by atoms with Gasteiger partial charge in [-0.15, -0.1) is 0 Å². The van der Waals surface area contributed by atoms with Crippen LogP contribution in [0.25, 0.3) is 0 Å². The van der Waals surface area contributed by atoms with E-state index in [1.807, 2.05) is 0 Å². The molecule has 0 aromatic carbocycles. The molecule has 0 aliphatic heterocycles. The molecule has 4 aliphatic carbocycles. The summed E-state index contributed by atoms with van der Waals surface area (Å²) in [4.78, 5) is 0. The van der Waals surface area contributed by atoms with Gasteiger partial charge in [0, 0.05) is 5.41 Å². The lowest BCUT2D eigenvalue weighted by Gasteiger charge is -2.61. The van der Waals surface area contributed by atoms with Crippen LogP contribution in [0, 0.1) is 34.5 Å². The molecule has 0 spiro atoms. The van der Waals surface area contributed by atoms with Crippen molar-refractivity contribution in [2.75, 3.05) is 0 Å². The number of hydrogen-bond donors (Lipinski definition) is 3. The van der Waals surface area contributed by atoms with Gasteiger partial charge in [-0.3, -0.25) is 0 Å². The highest BCUT2D eigenvalue weighted by Crippen LogP contribution is 2.68. The van der Waals surface area contributed by atoms with Crippen molar-refractivity contribution in [1.82, 2.24) is 0 Å². The quantitative estimate of drug-likeness (QED) is 0.687. The van der Waals surface area contributed by atoms with Gasteiger partial charge < -0.3 is 15.3 Å². The van der Waals surface area contributed by atoms with Crippen LogP contribution in [0.4, 0.5) is 0 Å². The summed E-state index contributed by atoms with van der Waals surface area (Å²) in [6.07, 6.45) is 8.99. The van der Waals surface area contributed by atoms with E-state index in [0.717, 1.165) is 38.0 Å². The molecule has 4 fully saturated rings. The second-order valence-corrected chi connectivity index (χ2v) is 10.2. The van der Waals surface area contributed by atoms with Gasteiger partial charge in [0.25, 0.3) is 0 Å². The van der Waals surface area contributed by atoms with E-state index in [1.165, 1.54) is 25.7 Å². The van der Waals surface area contributed by atoms with Crippen LogP contribution in [0.1, 0.15) is 78.6 Å². The molecule has 0 radical (unpaired) electrons. The Morgan fingerprint density at radius 3 is 2.33 bits per heavy atom. The normalized spacial score (nSPS) is 58.5. The summed E-state index contributed by atoms with van der Waals surface area (Å²) < 4.78 is 0. The Labute approximate surface area is 146 Å². The molecule has 6 unspecified atom stereocenters. The fraction of sp³-hybridized carbons (Fsp3) is 1.00. The molecule has 0 amide bonds. The van der Waals surface area contributed by atoms with E-state index in [2.05, 4.69) is 13.8 Å². The predicted molar refractivity (Wildman–Crippen MR) is 94.4 cm³/mol. The van der Waals surface area contributed by atoms with Crippen molar-refractivity contribution in [1.29, 1.82) is 0 Å². The van der Waals surface area contributed by atoms with Gasteiger partial charge in [-0.05, 0) is 93.8 Å². The van der Waals surface area contributed by atoms with Gasteiger partial charge in [0.05, 0.1) is 17.8 Å². The van der Waals surface area contributed by atoms with Crippen molar-refractivity contribution in [2.45, 2.75) is 96.4 Å². The monoisotopic (exact) mass is 336 g/mol. The minimum Gasteiger partial charge on any atom is -0.393 e. The molecule has 4 aliphatic rings. The molecule has 3 heteroatoms. The third-order valence-corrected chi connectivity index (χ3v) is 9.54. The zero-order valence-corrected chi connectivity index (χ0v) is 15.7. The highest BCUT2D eigenvalue weighted by Gasteiger charge is 2.65. The van der Waals surface area contributed by atoms with Crippen molar-refractivity contribution in [3.63, 3.8) is 0 Å². The maximum absolute atomic E-state index is 11.3. The molecule has 9 atom stereocenters. The second-order valence-electron chi connectivity index (χ2n) is 10.2. The third kappa shape index (κ3) is 2.07. The van der Waals surface area contributed by atoms with Crippen LogP contribution in [0.3, 0.4) is 0 Å². The maximum Gasteiger partial charge on any atom is 0.0958 e. The smallest absolute Gasteiger partial charge is 0.0958 e. The Kier molecular flexibility index (Phi) is 3.92. The molecular formula is C21H36O3. The largest absolute Gasteiger partial charge is 0.393 e. The van der Waals surface area contributed by atoms with E-state index in [-0.39, 0.29) is 11.5 Å². The van der Waals surface area contributed by atoms with Crippen molar-refractivity contribution in [3.8, 4) is 0 Å². The van der Waals surface area contributed by atoms with Crippen LogP contribution in [0.5, 0.6) is 0 Å². The molecule has 0 aromatic heterocycles. The van der Waals surface area contributed by atoms with Gasteiger partial charge in [-0.25, -0.2) is 0 Å². The summed E-state index contributed by atoms with van der Waals surface area (Å²) in [5, 5.41) is 31.7. The van der Waals surface area contributed by atoms with Gasteiger partial charge in [-0.1, -0.05) is 13.8 Å². The van der Waals surface area contributed by atoms with Crippen LogP contribution in [0.2, 0.25) is 0 Å². The van der Waals surface area contributed by atoms with Crippen LogP contribution in [-0.2, 0) is 0 Å². The first-order valence-electron chi connectivity index (χ1n) is 10.3. The van der Waals surface area contributed by atoms with Crippen molar-refractivity contribution in [2.24, 2.45) is 34.5 Å². The molecule has 3 N–H and O–H groups in total. The zero-order chi connectivity index (χ0) is 17.3. The predicted octanol–water partition coefficient (Wildman–Crippen LogP) is 3.50. The minimum atomic E-state index is -0.900. The van der Waals surface area contributed by atoms with E-state index >= 15 is 0 Å². The summed E-state index contributed by atoms with van der Waals surface area (Å²) >= 11 is 0. The van der Waals surface area contributed by atoms with Crippen molar-refractivity contribution >= 4 is 0 Å². The molecular weight excluding hydrogens is 300 g/mol. The molecule has 0 saturated heterocycles. The first-order valence-corrected chi connectivity index (χ1v) is 10.3. The van der Waals surface area contributed by atoms with Gasteiger partial charge in [-0.2, -0.15) is 0 Å². The molecule has 24 heavy (non-hydrogen) atoms.